The van der Waals surface area contributed by atoms with Gasteiger partial charge in [0, 0.05) is 41.3 Å². The van der Waals surface area contributed by atoms with E-state index in [1.54, 1.807) is 26.0 Å². The molecule has 9 nitrogen and oxygen atoms in total. The maximum Gasteiger partial charge on any atom is 0.269 e. The zero-order chi connectivity index (χ0) is 23.4. The van der Waals surface area contributed by atoms with Crippen molar-refractivity contribution in [1.82, 2.24) is 4.98 Å². The Morgan fingerprint density at radius 3 is 1.47 bits per heavy atom. The first-order valence-corrected chi connectivity index (χ1v) is 9.74. The first-order valence-electron chi connectivity index (χ1n) is 9.74. The van der Waals surface area contributed by atoms with Gasteiger partial charge >= 0.3 is 0 Å². The van der Waals surface area contributed by atoms with Crippen molar-refractivity contribution in [2.75, 3.05) is 0 Å². The number of nitro benzene ring substituents is 2. The molecule has 3 rings (SSSR count). The molecule has 0 N–H and O–H groups in total. The minimum Gasteiger partial charge on any atom is -1.00 e. The van der Waals surface area contributed by atoms with Crippen molar-refractivity contribution in [3.63, 3.8) is 0 Å². The standard InChI is InChI=1S/C23H21N5O4.ClH.Fe/c1-14-12-18(27(29)30)8-10-20(14)24-16(3)22-6-5-7-23(26-22)17(4)25-21-11-9-19(28(31)32)13-15(21)2;;/h5-13H,1-4H3;1H;/p-1/b24-16+,25-17+;;. The van der Waals surface area contributed by atoms with Gasteiger partial charge in [-0.05, 0) is 63.1 Å². The van der Waals surface area contributed by atoms with Crippen LogP contribution in [0.25, 0.3) is 0 Å². The van der Waals surface area contributed by atoms with E-state index in [9.17, 15) is 20.2 Å². The Labute approximate surface area is 213 Å². The summed E-state index contributed by atoms with van der Waals surface area (Å²) in [6.45, 7) is 7.18. The molecule has 0 aliphatic rings. The topological polar surface area (TPSA) is 124 Å². The molecular weight excluding hydrogens is 502 g/mol. The fourth-order valence-electron chi connectivity index (χ4n) is 3.07. The molecule has 0 amide bonds. The van der Waals surface area contributed by atoms with Crippen LogP contribution in [0.2, 0.25) is 0 Å². The van der Waals surface area contributed by atoms with Crippen LogP contribution in [-0.2, 0) is 17.1 Å². The second kappa shape index (κ2) is 12.1. The molecule has 0 saturated heterocycles. The van der Waals surface area contributed by atoms with Gasteiger partial charge in [-0.1, -0.05) is 6.07 Å². The number of pyridine rings is 1. The Bertz CT molecular complexity index is 1200. The van der Waals surface area contributed by atoms with Crippen LogP contribution in [0.3, 0.4) is 0 Å². The van der Waals surface area contributed by atoms with E-state index in [2.05, 4.69) is 15.0 Å². The van der Waals surface area contributed by atoms with Gasteiger partial charge in [-0.25, -0.2) is 4.98 Å². The second-order valence-corrected chi connectivity index (χ2v) is 7.26. The molecule has 0 spiro atoms. The van der Waals surface area contributed by atoms with Crippen molar-refractivity contribution >= 4 is 34.2 Å². The molecule has 0 unspecified atom stereocenters. The van der Waals surface area contributed by atoms with Crippen LogP contribution < -0.4 is 12.4 Å². The molecule has 1 heterocycles. The van der Waals surface area contributed by atoms with Crippen LogP contribution in [0.4, 0.5) is 22.7 Å². The van der Waals surface area contributed by atoms with E-state index < -0.39 is 9.85 Å². The molecule has 11 heteroatoms. The molecule has 0 bridgehead atoms. The summed E-state index contributed by atoms with van der Waals surface area (Å²) >= 11 is 0. The van der Waals surface area contributed by atoms with Crippen molar-refractivity contribution in [3.8, 4) is 0 Å². The van der Waals surface area contributed by atoms with Gasteiger partial charge in [0.15, 0.2) is 0 Å². The number of non-ortho nitro benzene ring substituents is 2. The second-order valence-electron chi connectivity index (χ2n) is 7.26. The Hall–Kier alpha value is -3.46. The predicted molar refractivity (Wildman–Crippen MR) is 124 cm³/mol. The van der Waals surface area contributed by atoms with Gasteiger partial charge in [0.05, 0.1) is 44.0 Å². The zero-order valence-corrected chi connectivity index (χ0v) is 20.7. The zero-order valence-electron chi connectivity index (χ0n) is 18.8. The molecule has 0 atom stereocenters. The number of rotatable bonds is 6. The maximum atomic E-state index is 10.9. The van der Waals surface area contributed by atoms with E-state index in [-0.39, 0.29) is 40.9 Å². The Morgan fingerprint density at radius 1 is 0.765 bits per heavy atom. The molecule has 2 aromatic carbocycles. The molecule has 3 aromatic rings. The number of aromatic nitrogens is 1. The summed E-state index contributed by atoms with van der Waals surface area (Å²) in [6.07, 6.45) is 0. The first-order chi connectivity index (χ1) is 15.2. The number of nitro groups is 2. The van der Waals surface area contributed by atoms with Crippen molar-refractivity contribution in [2.24, 2.45) is 9.98 Å². The molecule has 178 valence electrons. The third-order valence-corrected chi connectivity index (χ3v) is 4.85. The van der Waals surface area contributed by atoms with E-state index in [1.807, 2.05) is 32.0 Å². The minimum absolute atomic E-state index is 0. The summed E-state index contributed by atoms with van der Waals surface area (Å²) in [5.74, 6) is 0. The van der Waals surface area contributed by atoms with E-state index in [4.69, 9.17) is 0 Å². The summed E-state index contributed by atoms with van der Waals surface area (Å²) in [6, 6.07) is 14.6. The largest absolute Gasteiger partial charge is 1.00 e. The minimum atomic E-state index is -0.437. The van der Waals surface area contributed by atoms with Gasteiger partial charge in [-0.2, -0.15) is 0 Å². The van der Waals surface area contributed by atoms with Gasteiger partial charge < -0.3 is 12.4 Å². The average Bonchev–Trinajstić information content (AvgIpc) is 2.76. The fourth-order valence-corrected chi connectivity index (χ4v) is 3.07. The van der Waals surface area contributed by atoms with Crippen molar-refractivity contribution in [2.45, 2.75) is 27.7 Å². The third kappa shape index (κ3) is 6.77. The molecule has 0 aliphatic carbocycles. The van der Waals surface area contributed by atoms with Crippen LogP contribution in [0.1, 0.15) is 36.4 Å². The first kappa shape index (κ1) is 28.6. The molecule has 0 radical (unpaired) electrons. The van der Waals surface area contributed by atoms with Gasteiger partial charge in [-0.15, -0.1) is 0 Å². The Kier molecular flexibility index (Phi) is 10.2. The summed E-state index contributed by atoms with van der Waals surface area (Å²) in [7, 11) is 0. The molecule has 0 saturated carbocycles. The van der Waals surface area contributed by atoms with Crippen LogP contribution in [-0.4, -0.2) is 26.3 Å². The number of nitrogens with zero attached hydrogens (tertiary/aromatic N) is 5. The van der Waals surface area contributed by atoms with Crippen LogP contribution in [0.15, 0.2) is 64.6 Å². The van der Waals surface area contributed by atoms with Crippen molar-refractivity contribution in [3.05, 3.63) is 97.3 Å². The number of benzene rings is 2. The van der Waals surface area contributed by atoms with Crippen molar-refractivity contribution < 1.29 is 39.3 Å². The number of aliphatic imine (C=N–C) groups is 2. The summed E-state index contributed by atoms with van der Waals surface area (Å²) in [5, 5.41) is 21.9. The average molecular weight is 523 g/mol. The number of hydrogen-bond donors (Lipinski definition) is 0. The van der Waals surface area contributed by atoms with Crippen molar-refractivity contribution in [1.29, 1.82) is 0 Å². The fraction of sp³-hybridized carbons (Fsp3) is 0.174. The number of aryl methyl sites for hydroxylation is 2. The Morgan fingerprint density at radius 2 is 1.15 bits per heavy atom. The molecule has 34 heavy (non-hydrogen) atoms. The number of hydrogen-bond acceptors (Lipinski definition) is 7. The third-order valence-electron chi connectivity index (χ3n) is 4.85. The van der Waals surface area contributed by atoms with E-state index >= 15 is 0 Å². The van der Waals surface area contributed by atoms with Gasteiger partial charge in [0.25, 0.3) is 11.4 Å². The van der Waals surface area contributed by atoms with E-state index in [0.717, 1.165) is 0 Å². The predicted octanol–water partition coefficient (Wildman–Crippen LogP) is 2.80. The van der Waals surface area contributed by atoms with E-state index in [0.29, 0.717) is 45.3 Å². The summed E-state index contributed by atoms with van der Waals surface area (Å²) < 4.78 is 0. The van der Waals surface area contributed by atoms with Crippen LogP contribution >= 0.6 is 0 Å². The maximum absolute atomic E-state index is 10.9. The Balaban J connectivity index is 0.00000289. The van der Waals surface area contributed by atoms with Crippen LogP contribution in [0, 0.1) is 34.1 Å². The number of halogens is 1. The van der Waals surface area contributed by atoms with Crippen LogP contribution in [0.5, 0.6) is 0 Å². The monoisotopic (exact) mass is 522 g/mol. The molecular formula is C23H21ClFeN5O4-. The molecule has 0 aliphatic heterocycles. The quantitative estimate of drug-likeness (QED) is 0.213. The SMILES string of the molecule is C/C(=N\c1ccc([N+](=O)[O-])cc1C)c1cccc(/C(C)=N/c2ccc([N+](=O)[O-])cc2C)n1.[Cl-].[Fe]. The van der Waals surface area contributed by atoms with Gasteiger partial charge in [0.1, 0.15) is 0 Å². The smallest absolute Gasteiger partial charge is 0.269 e. The molecule has 0 fully saturated rings. The van der Waals surface area contributed by atoms with Gasteiger partial charge in [-0.3, -0.25) is 30.2 Å². The summed E-state index contributed by atoms with van der Waals surface area (Å²) in [5.41, 5.74) is 5.30. The normalized spacial score (nSPS) is 11.3. The van der Waals surface area contributed by atoms with E-state index in [1.165, 1.54) is 24.3 Å². The molecule has 1 aromatic heterocycles. The van der Waals surface area contributed by atoms with Gasteiger partial charge in [0.2, 0.25) is 0 Å². The summed E-state index contributed by atoms with van der Waals surface area (Å²) in [4.78, 5) is 34.8.